The lowest BCUT2D eigenvalue weighted by molar-refractivity contribution is -0.231. The van der Waals surface area contributed by atoms with E-state index in [2.05, 4.69) is 8.92 Å². The van der Waals surface area contributed by atoms with Gasteiger partial charge in [0.25, 0.3) is 0 Å². The number of esters is 1. The van der Waals surface area contributed by atoms with Crippen molar-refractivity contribution >= 4 is 24.4 Å². The van der Waals surface area contributed by atoms with E-state index in [-0.39, 0.29) is 11.6 Å². The third-order valence-corrected chi connectivity index (χ3v) is 9.90. The number of alkyl halides is 3. The first kappa shape index (κ1) is 22.3. The van der Waals surface area contributed by atoms with Crippen molar-refractivity contribution in [2.75, 3.05) is 13.7 Å². The van der Waals surface area contributed by atoms with E-state index in [0.717, 1.165) is 7.11 Å². The van der Waals surface area contributed by atoms with Crippen LogP contribution in [0.1, 0.15) is 20.8 Å². The second-order valence-electron chi connectivity index (χ2n) is 7.15. The highest BCUT2D eigenvalue weighted by Gasteiger charge is 2.57. The lowest BCUT2D eigenvalue weighted by Crippen LogP contribution is -2.62. The van der Waals surface area contributed by atoms with Crippen molar-refractivity contribution in [2.45, 2.75) is 62.7 Å². The average molecular weight is 408 g/mol. The van der Waals surface area contributed by atoms with Crippen molar-refractivity contribution in [2.24, 2.45) is 0 Å². The number of carbonyl (C=O) groups is 1. The molecule has 1 aliphatic heterocycles. The number of ether oxygens (including phenoxy) is 2. The molecule has 0 radical (unpaired) electrons. The van der Waals surface area contributed by atoms with Gasteiger partial charge in [0.1, 0.15) is 12.2 Å². The first-order chi connectivity index (χ1) is 11.0. The van der Waals surface area contributed by atoms with Gasteiger partial charge in [-0.2, -0.15) is 21.6 Å². The van der Waals surface area contributed by atoms with Gasteiger partial charge in [0.2, 0.25) is 0 Å². The molecule has 1 fully saturated rings. The van der Waals surface area contributed by atoms with Gasteiger partial charge < -0.3 is 13.9 Å². The van der Waals surface area contributed by atoms with Crippen molar-refractivity contribution in [3.63, 3.8) is 0 Å². The van der Waals surface area contributed by atoms with Crippen LogP contribution in [0.3, 0.4) is 0 Å². The second-order valence-corrected chi connectivity index (χ2v) is 13.5. The van der Waals surface area contributed by atoms with Crippen LogP contribution in [0, 0.1) is 0 Å². The molecule has 148 valence electrons. The van der Waals surface area contributed by atoms with Crippen molar-refractivity contribution in [1.82, 2.24) is 0 Å². The largest absolute Gasteiger partial charge is 0.523 e. The monoisotopic (exact) mass is 408 g/mol. The molecule has 0 amide bonds. The Morgan fingerprint density at radius 1 is 1.20 bits per heavy atom. The summed E-state index contributed by atoms with van der Waals surface area (Å²) in [6.45, 7) is 9.50. The Kier molecular flexibility index (Phi) is 6.38. The molecule has 0 aromatic heterocycles. The molecule has 0 N–H and O–H groups in total. The fourth-order valence-corrected chi connectivity index (χ4v) is 3.35. The number of rotatable bonds is 6. The Bertz CT molecular complexity index is 598. The highest BCUT2D eigenvalue weighted by atomic mass is 32.2. The SMILES string of the molecule is COC(=O)[C@H]1O[C@H](CO[Si](C)(C)C(C)(C)C)[C@@H]1OS(=O)(=O)C(F)(F)F. The molecule has 0 aromatic rings. The van der Waals surface area contributed by atoms with E-state index >= 15 is 0 Å². The summed E-state index contributed by atoms with van der Waals surface area (Å²) < 4.78 is 79.6. The highest BCUT2D eigenvalue weighted by molar-refractivity contribution is 7.87. The summed E-state index contributed by atoms with van der Waals surface area (Å²) in [4.78, 5) is 11.5. The molecule has 3 atom stereocenters. The molecule has 0 bridgehead atoms. The van der Waals surface area contributed by atoms with Gasteiger partial charge in [0.05, 0.1) is 13.7 Å². The quantitative estimate of drug-likeness (QED) is 0.288. The summed E-state index contributed by atoms with van der Waals surface area (Å²) in [5.74, 6) is -1.02. The van der Waals surface area contributed by atoms with E-state index in [4.69, 9.17) is 9.16 Å². The van der Waals surface area contributed by atoms with E-state index < -0.39 is 48.2 Å². The van der Waals surface area contributed by atoms with Crippen LogP contribution >= 0.6 is 0 Å². The van der Waals surface area contributed by atoms with Crippen LogP contribution in [0.5, 0.6) is 0 Å². The van der Waals surface area contributed by atoms with Gasteiger partial charge in [-0.15, -0.1) is 0 Å². The van der Waals surface area contributed by atoms with Crippen molar-refractivity contribution in [3.05, 3.63) is 0 Å². The predicted molar refractivity (Wildman–Crippen MR) is 83.7 cm³/mol. The minimum atomic E-state index is -5.88. The number of hydrogen-bond donors (Lipinski definition) is 0. The molecule has 7 nitrogen and oxygen atoms in total. The zero-order valence-corrected chi connectivity index (χ0v) is 16.7. The van der Waals surface area contributed by atoms with E-state index in [0.29, 0.717) is 0 Å². The van der Waals surface area contributed by atoms with Gasteiger partial charge >= 0.3 is 21.6 Å². The molecule has 12 heteroatoms. The maximum atomic E-state index is 12.5. The Hall–Kier alpha value is -0.693. The highest BCUT2D eigenvalue weighted by Crippen LogP contribution is 2.38. The zero-order chi connectivity index (χ0) is 19.8. The van der Waals surface area contributed by atoms with Crippen molar-refractivity contribution in [3.8, 4) is 0 Å². The molecule has 25 heavy (non-hydrogen) atoms. The molecule has 0 unspecified atom stereocenters. The van der Waals surface area contributed by atoms with Gasteiger partial charge in [0.15, 0.2) is 14.4 Å². The molecular weight excluding hydrogens is 385 g/mol. The summed E-state index contributed by atoms with van der Waals surface area (Å²) in [7, 11) is -7.13. The summed E-state index contributed by atoms with van der Waals surface area (Å²) in [6.07, 6.45) is -4.35. The minimum absolute atomic E-state index is 0.174. The molecule has 0 aliphatic carbocycles. The molecule has 0 saturated carbocycles. The van der Waals surface area contributed by atoms with Crippen LogP contribution in [0.15, 0.2) is 0 Å². The van der Waals surface area contributed by atoms with E-state index in [9.17, 15) is 26.4 Å². The lowest BCUT2D eigenvalue weighted by atomic mass is 10.0. The average Bonchev–Trinajstić information content (AvgIpc) is 2.40. The predicted octanol–water partition coefficient (Wildman–Crippen LogP) is 2.18. The summed E-state index contributed by atoms with van der Waals surface area (Å²) in [6, 6.07) is 0. The molecule has 1 saturated heterocycles. The smallest absolute Gasteiger partial charge is 0.467 e. The van der Waals surface area contributed by atoms with Crippen molar-refractivity contribution in [1.29, 1.82) is 0 Å². The number of carbonyl (C=O) groups excluding carboxylic acids is 1. The third-order valence-electron chi connectivity index (χ3n) is 4.36. The van der Waals surface area contributed by atoms with Crippen LogP contribution in [-0.2, 0) is 33.0 Å². The first-order valence-corrected chi connectivity index (χ1v) is 11.7. The molecule has 0 aromatic carbocycles. The zero-order valence-electron chi connectivity index (χ0n) is 14.8. The second kappa shape index (κ2) is 7.14. The van der Waals surface area contributed by atoms with Gasteiger partial charge in [-0.25, -0.2) is 4.79 Å². The third kappa shape index (κ3) is 4.93. The van der Waals surface area contributed by atoms with Crippen LogP contribution in [-0.4, -0.2) is 60.2 Å². The molecule has 1 heterocycles. The molecule has 1 rings (SSSR count). The normalized spacial score (nSPS) is 25.4. The topological polar surface area (TPSA) is 88.1 Å². The molecular formula is C13H23F3O7SSi. The Morgan fingerprint density at radius 2 is 1.72 bits per heavy atom. The fourth-order valence-electron chi connectivity index (χ4n) is 1.71. The number of halogens is 3. The number of hydrogen-bond acceptors (Lipinski definition) is 7. The summed E-state index contributed by atoms with van der Waals surface area (Å²) in [5.41, 5.74) is -5.60. The van der Waals surface area contributed by atoms with Crippen LogP contribution in [0.2, 0.25) is 18.1 Å². The van der Waals surface area contributed by atoms with Gasteiger partial charge in [-0.05, 0) is 18.1 Å². The fraction of sp³-hybridized carbons (Fsp3) is 0.923. The Labute approximate surface area is 146 Å². The van der Waals surface area contributed by atoms with Gasteiger partial charge in [-0.3, -0.25) is 4.18 Å². The molecule has 0 spiro atoms. The minimum Gasteiger partial charge on any atom is -0.467 e. The Morgan fingerprint density at radius 3 is 2.12 bits per heavy atom. The van der Waals surface area contributed by atoms with E-state index in [1.807, 2.05) is 33.9 Å². The van der Waals surface area contributed by atoms with Gasteiger partial charge in [0, 0.05) is 0 Å². The number of methoxy groups -OCH3 is 1. The van der Waals surface area contributed by atoms with Crippen LogP contribution in [0.4, 0.5) is 13.2 Å². The van der Waals surface area contributed by atoms with Gasteiger partial charge in [-0.1, -0.05) is 20.8 Å². The van der Waals surface area contributed by atoms with E-state index in [1.165, 1.54) is 0 Å². The first-order valence-electron chi connectivity index (χ1n) is 7.40. The Balaban J connectivity index is 2.89. The lowest BCUT2D eigenvalue weighted by Gasteiger charge is -2.44. The summed E-state index contributed by atoms with van der Waals surface area (Å²) in [5, 5.41) is -0.174. The maximum Gasteiger partial charge on any atom is 0.523 e. The van der Waals surface area contributed by atoms with Crippen LogP contribution < -0.4 is 0 Å². The van der Waals surface area contributed by atoms with Crippen LogP contribution in [0.25, 0.3) is 0 Å². The maximum absolute atomic E-state index is 12.5. The summed E-state index contributed by atoms with van der Waals surface area (Å²) >= 11 is 0. The standard InChI is InChI=1S/C13H23F3O7SSi/c1-12(2,3)25(5,6)21-7-8-9(10(22-8)11(17)20-4)23-24(18,19)13(14,15)16/h8-10H,7H2,1-6H3/t8-,9+,10+/m1/s1. The van der Waals surface area contributed by atoms with E-state index in [1.54, 1.807) is 0 Å². The molecule has 1 aliphatic rings. The van der Waals surface area contributed by atoms with Crippen molar-refractivity contribution < 1.29 is 44.5 Å².